The molecule has 0 unspecified atom stereocenters. The van der Waals surface area contributed by atoms with Gasteiger partial charge in [0, 0.05) is 29.9 Å². The number of H-pyrrole nitrogens is 1. The molecule has 1 amide bonds. The number of anilines is 1. The summed E-state index contributed by atoms with van der Waals surface area (Å²) < 4.78 is 12.2. The van der Waals surface area contributed by atoms with Crippen molar-refractivity contribution in [2.24, 2.45) is 0 Å². The molecule has 0 spiro atoms. The number of amides is 1. The summed E-state index contributed by atoms with van der Waals surface area (Å²) in [5.41, 5.74) is 0.502. The van der Waals surface area contributed by atoms with Gasteiger partial charge in [0.25, 0.3) is 5.56 Å². The molecular formula is C31H42N4O7. The van der Waals surface area contributed by atoms with Gasteiger partial charge in [-0.3, -0.25) is 19.1 Å². The summed E-state index contributed by atoms with van der Waals surface area (Å²) in [6.07, 6.45) is 11.5. The molecule has 1 aliphatic heterocycles. The number of unbranched alkanes of at least 4 members (excludes halogenated alkanes) is 10. The lowest BCUT2D eigenvalue weighted by Gasteiger charge is -2.16. The number of hydrogen-bond donors (Lipinski definition) is 4. The van der Waals surface area contributed by atoms with E-state index >= 15 is 0 Å². The molecule has 228 valence electrons. The van der Waals surface area contributed by atoms with Crippen LogP contribution in [0.15, 0.2) is 56.8 Å². The van der Waals surface area contributed by atoms with Gasteiger partial charge in [-0.2, -0.15) is 0 Å². The van der Waals surface area contributed by atoms with Gasteiger partial charge in [0.2, 0.25) is 11.8 Å². The van der Waals surface area contributed by atoms with E-state index in [2.05, 4.69) is 22.2 Å². The van der Waals surface area contributed by atoms with Crippen LogP contribution in [-0.2, 0) is 9.53 Å². The first kappa shape index (κ1) is 31.4. The molecule has 0 aliphatic carbocycles. The fourth-order valence-corrected chi connectivity index (χ4v) is 5.17. The van der Waals surface area contributed by atoms with Crippen molar-refractivity contribution in [2.75, 3.05) is 5.32 Å². The number of carbonyl (C=O) groups excluding carboxylic acids is 1. The van der Waals surface area contributed by atoms with Gasteiger partial charge in [-0.25, -0.2) is 9.78 Å². The smallest absolute Gasteiger partial charge is 0.330 e. The lowest BCUT2D eigenvalue weighted by Crippen LogP contribution is -2.37. The van der Waals surface area contributed by atoms with Crippen molar-refractivity contribution in [1.82, 2.24) is 14.5 Å². The minimum Gasteiger partial charge on any atom is -0.445 e. The molecule has 42 heavy (non-hydrogen) atoms. The van der Waals surface area contributed by atoms with Gasteiger partial charge in [-0.15, -0.1) is 0 Å². The van der Waals surface area contributed by atoms with Crippen LogP contribution in [0.1, 0.15) is 102 Å². The summed E-state index contributed by atoms with van der Waals surface area (Å²) in [6, 6.07) is 8.27. The Bertz CT molecular complexity index is 1380. The Hall–Kier alpha value is -3.54. The lowest BCUT2D eigenvalue weighted by molar-refractivity contribution is -0.116. The second kappa shape index (κ2) is 15.6. The number of nitrogens with one attached hydrogen (secondary N) is 2. The molecule has 0 radical (unpaired) electrons. The van der Waals surface area contributed by atoms with Crippen LogP contribution in [0.25, 0.3) is 11.3 Å². The van der Waals surface area contributed by atoms with Crippen LogP contribution in [0, 0.1) is 0 Å². The zero-order valence-electron chi connectivity index (χ0n) is 24.2. The van der Waals surface area contributed by atoms with E-state index in [0.717, 1.165) is 29.0 Å². The SMILES string of the molecule is CCCCCCCCCCCCCC(=O)Nc1ccc(-c2coc([C@H]3O[C@@H](n4ccc(=O)[nH]c4=O)[C@H](O)[C@@H]3O)n2)cc1. The van der Waals surface area contributed by atoms with E-state index in [9.17, 15) is 24.6 Å². The van der Waals surface area contributed by atoms with E-state index < -0.39 is 35.8 Å². The maximum absolute atomic E-state index is 12.4. The fourth-order valence-electron chi connectivity index (χ4n) is 5.17. The van der Waals surface area contributed by atoms with E-state index in [4.69, 9.17) is 9.15 Å². The predicted molar refractivity (Wildman–Crippen MR) is 158 cm³/mol. The molecule has 4 atom stereocenters. The quantitative estimate of drug-likeness (QED) is 0.175. The van der Waals surface area contributed by atoms with E-state index in [1.165, 1.54) is 70.2 Å². The summed E-state index contributed by atoms with van der Waals surface area (Å²) in [5, 5.41) is 24.0. The highest BCUT2D eigenvalue weighted by atomic mass is 16.6. The molecule has 1 aromatic carbocycles. The first-order chi connectivity index (χ1) is 20.4. The summed E-state index contributed by atoms with van der Waals surface area (Å²) in [6.45, 7) is 2.24. The topological polar surface area (TPSA) is 160 Å². The number of aliphatic hydroxyl groups excluding tert-OH is 2. The second-order valence-electron chi connectivity index (χ2n) is 10.9. The van der Waals surface area contributed by atoms with Crippen molar-refractivity contribution in [2.45, 2.75) is 109 Å². The maximum atomic E-state index is 12.4. The molecule has 3 aromatic rings. The van der Waals surface area contributed by atoms with Crippen molar-refractivity contribution in [3.8, 4) is 11.3 Å². The number of aliphatic hydroxyl groups is 2. The first-order valence-corrected chi connectivity index (χ1v) is 15.1. The Balaban J connectivity index is 1.21. The highest BCUT2D eigenvalue weighted by molar-refractivity contribution is 5.90. The molecule has 1 fully saturated rings. The number of rotatable bonds is 16. The van der Waals surface area contributed by atoms with Gasteiger partial charge in [0.15, 0.2) is 12.3 Å². The van der Waals surface area contributed by atoms with Gasteiger partial charge in [0.05, 0.1) is 0 Å². The highest BCUT2D eigenvalue weighted by Crippen LogP contribution is 2.38. The van der Waals surface area contributed by atoms with Gasteiger partial charge in [0.1, 0.15) is 24.2 Å². The number of aromatic amines is 1. The van der Waals surface area contributed by atoms with Gasteiger partial charge >= 0.3 is 5.69 Å². The normalized spacial score (nSPS) is 20.2. The minimum atomic E-state index is -1.46. The molecule has 4 rings (SSSR count). The van der Waals surface area contributed by atoms with Crippen molar-refractivity contribution in [3.05, 3.63) is 69.5 Å². The van der Waals surface area contributed by atoms with Crippen LogP contribution in [-0.4, -0.2) is 42.9 Å². The van der Waals surface area contributed by atoms with E-state index in [1.807, 2.05) is 0 Å². The number of benzene rings is 1. The van der Waals surface area contributed by atoms with Crippen LogP contribution in [0.4, 0.5) is 5.69 Å². The van der Waals surface area contributed by atoms with E-state index in [0.29, 0.717) is 17.8 Å². The molecule has 11 heteroatoms. The lowest BCUT2D eigenvalue weighted by atomic mass is 10.1. The number of hydrogen-bond acceptors (Lipinski definition) is 8. The highest BCUT2D eigenvalue weighted by Gasteiger charge is 2.47. The van der Waals surface area contributed by atoms with Gasteiger partial charge in [-0.05, 0) is 18.6 Å². The first-order valence-electron chi connectivity index (χ1n) is 15.1. The van der Waals surface area contributed by atoms with Crippen molar-refractivity contribution in [3.63, 3.8) is 0 Å². The van der Waals surface area contributed by atoms with Crippen molar-refractivity contribution in [1.29, 1.82) is 0 Å². The van der Waals surface area contributed by atoms with Crippen molar-refractivity contribution >= 4 is 11.6 Å². The Morgan fingerprint density at radius 3 is 2.21 bits per heavy atom. The third-order valence-electron chi connectivity index (χ3n) is 7.60. The maximum Gasteiger partial charge on any atom is 0.330 e. The Kier molecular flexibility index (Phi) is 11.7. The summed E-state index contributed by atoms with van der Waals surface area (Å²) in [7, 11) is 0. The summed E-state index contributed by atoms with van der Waals surface area (Å²) in [4.78, 5) is 42.3. The standard InChI is InChI=1S/C31H42N4O7/c1-2-3-4-5-6-7-8-9-10-11-12-13-24(36)32-22-16-14-21(15-17-22)23-20-41-29(33-23)28-26(38)27(39)30(42-28)35-19-18-25(37)34-31(35)40/h14-20,26-28,30,38-39H,2-13H2,1H3,(H,32,36)(H,34,37,40)/t26-,27+,28-,30+/m0/s1. The van der Waals surface area contributed by atoms with Gasteiger partial charge < -0.3 is 24.7 Å². The molecule has 11 nitrogen and oxygen atoms in total. The number of aromatic nitrogens is 3. The second-order valence-corrected chi connectivity index (χ2v) is 10.9. The Labute approximate surface area is 245 Å². The Morgan fingerprint density at radius 2 is 1.57 bits per heavy atom. The number of nitrogens with zero attached hydrogens (tertiary/aromatic N) is 2. The molecule has 3 heterocycles. The zero-order chi connectivity index (χ0) is 29.9. The molecule has 4 N–H and O–H groups in total. The number of oxazole rings is 1. The predicted octanol–water partition coefficient (Wildman–Crippen LogP) is 4.82. The monoisotopic (exact) mass is 582 g/mol. The van der Waals surface area contributed by atoms with E-state index in [-0.39, 0.29) is 11.8 Å². The molecule has 0 bridgehead atoms. The largest absolute Gasteiger partial charge is 0.445 e. The fraction of sp³-hybridized carbons (Fsp3) is 0.548. The Morgan fingerprint density at radius 1 is 0.929 bits per heavy atom. The zero-order valence-corrected chi connectivity index (χ0v) is 24.2. The third kappa shape index (κ3) is 8.50. The molecule has 2 aromatic heterocycles. The molecule has 1 aliphatic rings. The van der Waals surface area contributed by atoms with Crippen LogP contribution < -0.4 is 16.6 Å². The van der Waals surface area contributed by atoms with Crippen LogP contribution in [0.5, 0.6) is 0 Å². The van der Waals surface area contributed by atoms with Gasteiger partial charge in [-0.1, -0.05) is 83.3 Å². The van der Waals surface area contributed by atoms with E-state index in [1.54, 1.807) is 24.3 Å². The minimum absolute atomic E-state index is 0.00974. The van der Waals surface area contributed by atoms with Crippen LogP contribution >= 0.6 is 0 Å². The molecule has 0 saturated carbocycles. The third-order valence-corrected chi connectivity index (χ3v) is 7.60. The number of ether oxygens (including phenoxy) is 1. The average molecular weight is 583 g/mol. The molecule has 1 saturated heterocycles. The molecular weight excluding hydrogens is 540 g/mol. The van der Waals surface area contributed by atoms with Crippen LogP contribution in [0.3, 0.4) is 0 Å². The average Bonchev–Trinajstić information content (AvgIpc) is 3.57. The summed E-state index contributed by atoms with van der Waals surface area (Å²) >= 11 is 0. The number of carbonyl (C=O) groups is 1. The van der Waals surface area contributed by atoms with Crippen molar-refractivity contribution < 1.29 is 24.2 Å². The summed E-state index contributed by atoms with van der Waals surface area (Å²) in [5.74, 6) is 0.0188. The van der Waals surface area contributed by atoms with Crippen LogP contribution in [0.2, 0.25) is 0 Å².